The van der Waals surface area contributed by atoms with E-state index in [9.17, 15) is 4.79 Å². The lowest BCUT2D eigenvalue weighted by Gasteiger charge is -2.33. The predicted octanol–water partition coefficient (Wildman–Crippen LogP) is 0.340. The Bertz CT molecular complexity index is 675. The zero-order valence-corrected chi connectivity index (χ0v) is 11.8. The topological polar surface area (TPSA) is 75.4 Å². The van der Waals surface area contributed by atoms with Gasteiger partial charge in [0.2, 0.25) is 0 Å². The molecule has 1 amide bonds. The van der Waals surface area contributed by atoms with E-state index in [-0.39, 0.29) is 11.3 Å². The Labute approximate surface area is 122 Å². The summed E-state index contributed by atoms with van der Waals surface area (Å²) in [6.07, 6.45) is 5.26. The van der Waals surface area contributed by atoms with Crippen LogP contribution in [0.15, 0.2) is 18.3 Å². The Morgan fingerprint density at radius 2 is 2.33 bits per heavy atom. The Morgan fingerprint density at radius 1 is 1.38 bits per heavy atom. The first-order valence-electron chi connectivity index (χ1n) is 7.44. The summed E-state index contributed by atoms with van der Waals surface area (Å²) in [5.74, 6) is 0.0861. The first-order valence-corrected chi connectivity index (χ1v) is 7.44. The highest BCUT2D eigenvalue weighted by atomic mass is 16.2. The second-order valence-corrected chi connectivity index (χ2v) is 6.15. The van der Waals surface area contributed by atoms with Crippen molar-refractivity contribution in [2.75, 3.05) is 26.2 Å². The second-order valence-electron chi connectivity index (χ2n) is 6.15. The molecule has 4 rings (SSSR count). The molecule has 0 aromatic carbocycles. The molecule has 110 valence electrons. The molecule has 0 saturated carbocycles. The highest BCUT2D eigenvalue weighted by molar-refractivity contribution is 5.95. The van der Waals surface area contributed by atoms with Crippen LogP contribution in [-0.4, -0.2) is 57.0 Å². The summed E-state index contributed by atoms with van der Waals surface area (Å²) < 4.78 is 1.56. The molecule has 1 N–H and O–H groups in total. The molecule has 2 aliphatic heterocycles. The van der Waals surface area contributed by atoms with E-state index >= 15 is 0 Å². The van der Waals surface area contributed by atoms with Crippen LogP contribution < -0.4 is 5.32 Å². The standard InChI is InChI=1S/C14H18N6O/c21-13(11-2-6-20-12(8-11)16-17-18-20)19-7-4-14(10-19)3-1-5-15-9-14/h2,6,8,15H,1,3-5,7,9-10H2. The molecule has 7 nitrogen and oxygen atoms in total. The lowest BCUT2D eigenvalue weighted by molar-refractivity contribution is 0.0764. The third-order valence-corrected chi connectivity index (χ3v) is 4.73. The van der Waals surface area contributed by atoms with Crippen LogP contribution in [0.1, 0.15) is 29.6 Å². The molecule has 2 aromatic heterocycles. The number of piperidine rings is 1. The summed E-state index contributed by atoms with van der Waals surface area (Å²) in [6, 6.07) is 3.54. The van der Waals surface area contributed by atoms with Gasteiger partial charge in [0.15, 0.2) is 5.65 Å². The summed E-state index contributed by atoms with van der Waals surface area (Å²) in [4.78, 5) is 14.6. The summed E-state index contributed by atoms with van der Waals surface area (Å²) in [6.45, 7) is 3.84. The number of nitrogens with one attached hydrogen (secondary N) is 1. The Balaban J connectivity index is 1.54. The molecule has 0 aliphatic carbocycles. The summed E-state index contributed by atoms with van der Waals surface area (Å²) in [7, 11) is 0. The Kier molecular flexibility index (Phi) is 2.88. The van der Waals surface area contributed by atoms with Crippen molar-refractivity contribution in [3.63, 3.8) is 0 Å². The first-order chi connectivity index (χ1) is 10.3. The SMILES string of the molecule is O=C(c1ccn2nnnc2c1)N1CCC2(CCCNC2)C1. The number of rotatable bonds is 1. The van der Waals surface area contributed by atoms with E-state index in [1.54, 1.807) is 22.8 Å². The maximum Gasteiger partial charge on any atom is 0.254 e. The number of hydrogen-bond donors (Lipinski definition) is 1. The van der Waals surface area contributed by atoms with E-state index in [0.717, 1.165) is 32.6 Å². The fraction of sp³-hybridized carbons (Fsp3) is 0.571. The van der Waals surface area contributed by atoms with Gasteiger partial charge in [-0.15, -0.1) is 5.10 Å². The van der Waals surface area contributed by atoms with Crippen molar-refractivity contribution in [2.45, 2.75) is 19.3 Å². The van der Waals surface area contributed by atoms with Gasteiger partial charge in [-0.05, 0) is 48.4 Å². The van der Waals surface area contributed by atoms with E-state index in [1.807, 2.05) is 4.90 Å². The van der Waals surface area contributed by atoms with Crippen LogP contribution in [0.2, 0.25) is 0 Å². The van der Waals surface area contributed by atoms with Crippen LogP contribution in [0.5, 0.6) is 0 Å². The maximum atomic E-state index is 12.7. The minimum atomic E-state index is 0.0861. The average Bonchev–Trinajstić information content (AvgIpc) is 3.14. The molecule has 0 radical (unpaired) electrons. The molecule has 2 aliphatic rings. The van der Waals surface area contributed by atoms with Gasteiger partial charge in [0.1, 0.15) is 0 Å². The fourth-order valence-electron chi connectivity index (χ4n) is 3.54. The van der Waals surface area contributed by atoms with E-state index in [0.29, 0.717) is 11.2 Å². The van der Waals surface area contributed by atoms with Crippen molar-refractivity contribution in [1.29, 1.82) is 0 Å². The molecule has 1 unspecified atom stereocenters. The molecule has 0 bridgehead atoms. The number of carbonyl (C=O) groups excluding carboxylic acids is 1. The Morgan fingerprint density at radius 3 is 3.19 bits per heavy atom. The van der Waals surface area contributed by atoms with Gasteiger partial charge in [0.05, 0.1) is 0 Å². The summed E-state index contributed by atoms with van der Waals surface area (Å²) in [5, 5.41) is 14.8. The number of aromatic nitrogens is 4. The highest BCUT2D eigenvalue weighted by Gasteiger charge is 2.40. The number of hydrogen-bond acceptors (Lipinski definition) is 5. The van der Waals surface area contributed by atoms with Gasteiger partial charge in [-0.1, -0.05) is 0 Å². The summed E-state index contributed by atoms with van der Waals surface area (Å²) >= 11 is 0. The molecule has 4 heterocycles. The zero-order valence-electron chi connectivity index (χ0n) is 11.8. The smallest absolute Gasteiger partial charge is 0.254 e. The van der Waals surface area contributed by atoms with Crippen molar-refractivity contribution in [1.82, 2.24) is 30.3 Å². The molecule has 21 heavy (non-hydrogen) atoms. The van der Waals surface area contributed by atoms with Gasteiger partial charge in [0.25, 0.3) is 5.91 Å². The molecule has 2 saturated heterocycles. The van der Waals surface area contributed by atoms with Crippen molar-refractivity contribution < 1.29 is 4.79 Å². The average molecular weight is 286 g/mol. The first kappa shape index (κ1) is 12.7. The van der Waals surface area contributed by atoms with Crippen LogP contribution in [0.25, 0.3) is 5.65 Å². The molecule has 2 fully saturated rings. The number of pyridine rings is 1. The lowest BCUT2D eigenvalue weighted by Crippen LogP contribution is -2.42. The quantitative estimate of drug-likeness (QED) is 0.818. The maximum absolute atomic E-state index is 12.7. The molecule has 1 spiro atoms. The van der Waals surface area contributed by atoms with Crippen molar-refractivity contribution in [2.24, 2.45) is 5.41 Å². The van der Waals surface area contributed by atoms with Crippen molar-refractivity contribution >= 4 is 11.6 Å². The minimum Gasteiger partial charge on any atom is -0.338 e. The molecule has 1 atom stereocenters. The second kappa shape index (κ2) is 4.77. The van der Waals surface area contributed by atoms with Gasteiger partial charge in [0, 0.05) is 36.8 Å². The van der Waals surface area contributed by atoms with Gasteiger partial charge in [-0.3, -0.25) is 4.79 Å². The van der Waals surface area contributed by atoms with Crippen LogP contribution in [0, 0.1) is 5.41 Å². The lowest BCUT2D eigenvalue weighted by atomic mass is 9.80. The minimum absolute atomic E-state index is 0.0861. The third-order valence-electron chi connectivity index (χ3n) is 4.73. The number of tetrazole rings is 1. The van der Waals surface area contributed by atoms with Crippen LogP contribution >= 0.6 is 0 Å². The van der Waals surface area contributed by atoms with E-state index in [2.05, 4.69) is 20.8 Å². The number of nitrogens with zero attached hydrogens (tertiary/aromatic N) is 5. The normalized spacial score (nSPS) is 25.8. The Hall–Kier alpha value is -2.02. The summed E-state index contributed by atoms with van der Waals surface area (Å²) in [5.41, 5.74) is 1.56. The number of carbonyl (C=O) groups is 1. The van der Waals surface area contributed by atoms with Crippen molar-refractivity contribution in [3.8, 4) is 0 Å². The van der Waals surface area contributed by atoms with Crippen LogP contribution in [-0.2, 0) is 0 Å². The fourth-order valence-corrected chi connectivity index (χ4v) is 3.54. The zero-order chi connectivity index (χ0) is 14.3. The number of likely N-dealkylation sites (tertiary alicyclic amines) is 1. The number of amides is 1. The highest BCUT2D eigenvalue weighted by Crippen LogP contribution is 2.36. The van der Waals surface area contributed by atoms with Gasteiger partial charge in [-0.2, -0.15) is 0 Å². The third kappa shape index (κ3) is 2.17. The van der Waals surface area contributed by atoms with Crippen LogP contribution in [0.4, 0.5) is 0 Å². The molecule has 2 aromatic rings. The molecular formula is C14H18N6O. The van der Waals surface area contributed by atoms with Crippen LogP contribution in [0.3, 0.4) is 0 Å². The largest absolute Gasteiger partial charge is 0.338 e. The van der Waals surface area contributed by atoms with E-state index in [1.165, 1.54) is 12.8 Å². The van der Waals surface area contributed by atoms with E-state index < -0.39 is 0 Å². The van der Waals surface area contributed by atoms with Crippen molar-refractivity contribution in [3.05, 3.63) is 23.9 Å². The van der Waals surface area contributed by atoms with Gasteiger partial charge in [-0.25, -0.2) is 4.52 Å². The number of fused-ring (bicyclic) bond motifs is 1. The molecule has 7 heteroatoms. The monoisotopic (exact) mass is 286 g/mol. The van der Waals surface area contributed by atoms with E-state index in [4.69, 9.17) is 0 Å². The predicted molar refractivity (Wildman–Crippen MR) is 75.8 cm³/mol. The van der Waals surface area contributed by atoms with Gasteiger partial charge >= 0.3 is 0 Å². The van der Waals surface area contributed by atoms with Gasteiger partial charge < -0.3 is 10.2 Å². The molecular weight excluding hydrogens is 268 g/mol.